The van der Waals surface area contributed by atoms with Crippen LogP contribution in [0.5, 0.6) is 5.75 Å². The van der Waals surface area contributed by atoms with Crippen molar-refractivity contribution in [1.29, 1.82) is 0 Å². The fourth-order valence-corrected chi connectivity index (χ4v) is 3.19. The maximum atomic E-state index is 13.5. The summed E-state index contributed by atoms with van der Waals surface area (Å²) in [6, 6.07) is 6.49. The Bertz CT molecular complexity index is 920. The second-order valence-electron chi connectivity index (χ2n) is 7.01. The van der Waals surface area contributed by atoms with E-state index < -0.39 is 27.2 Å². The van der Waals surface area contributed by atoms with Crippen LogP contribution in [-0.2, 0) is 22.6 Å². The quantitative estimate of drug-likeness (QED) is 0.808. The Morgan fingerprint density at radius 2 is 1.81 bits per heavy atom. The molecule has 0 saturated heterocycles. The number of benzene rings is 1. The summed E-state index contributed by atoms with van der Waals surface area (Å²) in [5.74, 6) is 0.108. The summed E-state index contributed by atoms with van der Waals surface area (Å²) in [7, 11) is -3.57. The summed E-state index contributed by atoms with van der Waals surface area (Å²) in [6.45, 7) is 4.97. The Balaban J connectivity index is 2.35. The molecule has 0 aliphatic rings. The number of hydrogen-bond acceptors (Lipinski definition) is 5. The van der Waals surface area contributed by atoms with Crippen LogP contribution in [0.3, 0.4) is 0 Å². The highest BCUT2D eigenvalue weighted by atomic mass is 32.2. The van der Waals surface area contributed by atoms with Crippen LogP contribution >= 0.6 is 0 Å². The lowest BCUT2D eigenvalue weighted by atomic mass is 10.1. The van der Waals surface area contributed by atoms with Crippen LogP contribution in [-0.4, -0.2) is 25.3 Å². The zero-order valence-electron chi connectivity index (χ0n) is 15.4. The number of sulfone groups is 1. The number of alkyl halides is 3. The SMILES string of the molecule is CC(C)(C)Oc1ccc(CNc2ncccc2S(C)(=O)=O)c(C(F)(F)F)c1. The minimum atomic E-state index is -4.59. The molecule has 0 radical (unpaired) electrons. The first kappa shape index (κ1) is 21.0. The molecule has 0 aliphatic carbocycles. The molecule has 2 rings (SSSR count). The van der Waals surface area contributed by atoms with Gasteiger partial charge in [0.15, 0.2) is 9.84 Å². The second kappa shape index (κ2) is 7.38. The van der Waals surface area contributed by atoms with E-state index in [1.54, 1.807) is 20.8 Å². The Morgan fingerprint density at radius 1 is 1.15 bits per heavy atom. The van der Waals surface area contributed by atoms with Gasteiger partial charge in [0.2, 0.25) is 0 Å². The first-order valence-corrected chi connectivity index (χ1v) is 9.94. The van der Waals surface area contributed by atoms with Crippen molar-refractivity contribution in [3.05, 3.63) is 47.7 Å². The molecule has 9 heteroatoms. The molecule has 0 amide bonds. The van der Waals surface area contributed by atoms with Crippen molar-refractivity contribution >= 4 is 15.7 Å². The number of ether oxygens (including phenoxy) is 1. The molecule has 2 aromatic rings. The summed E-state index contributed by atoms with van der Waals surface area (Å²) in [5.41, 5.74) is -1.54. The Morgan fingerprint density at radius 3 is 2.37 bits per heavy atom. The number of aromatic nitrogens is 1. The molecule has 1 aromatic heterocycles. The number of anilines is 1. The Hall–Kier alpha value is -2.29. The smallest absolute Gasteiger partial charge is 0.416 e. The first-order valence-electron chi connectivity index (χ1n) is 8.05. The molecular weight excluding hydrogens is 381 g/mol. The van der Waals surface area contributed by atoms with Crippen LogP contribution < -0.4 is 10.1 Å². The van der Waals surface area contributed by atoms with Gasteiger partial charge in [0.25, 0.3) is 0 Å². The predicted octanol–water partition coefficient (Wildman–Crippen LogP) is 4.29. The standard InChI is InChI=1S/C18H21F3N2O3S/c1-17(2,3)26-13-8-7-12(14(10-13)18(19,20)21)11-23-16-15(27(4,24)25)6-5-9-22-16/h5-10H,11H2,1-4H3,(H,22,23). The monoisotopic (exact) mass is 402 g/mol. The third kappa shape index (κ3) is 5.85. The number of nitrogens with zero attached hydrogens (tertiary/aromatic N) is 1. The predicted molar refractivity (Wildman–Crippen MR) is 96.5 cm³/mol. The molecule has 27 heavy (non-hydrogen) atoms. The van der Waals surface area contributed by atoms with Crippen LogP contribution in [0.4, 0.5) is 19.0 Å². The van der Waals surface area contributed by atoms with E-state index in [1.807, 2.05) is 0 Å². The minimum Gasteiger partial charge on any atom is -0.488 e. The van der Waals surface area contributed by atoms with Crippen molar-refractivity contribution in [1.82, 2.24) is 4.98 Å². The van der Waals surface area contributed by atoms with Gasteiger partial charge in [-0.2, -0.15) is 13.2 Å². The van der Waals surface area contributed by atoms with Gasteiger partial charge in [-0.1, -0.05) is 6.07 Å². The lowest BCUT2D eigenvalue weighted by molar-refractivity contribution is -0.138. The van der Waals surface area contributed by atoms with E-state index in [0.29, 0.717) is 0 Å². The van der Waals surface area contributed by atoms with Crippen molar-refractivity contribution < 1.29 is 26.3 Å². The number of halogens is 3. The lowest BCUT2D eigenvalue weighted by Gasteiger charge is -2.23. The lowest BCUT2D eigenvalue weighted by Crippen LogP contribution is -2.23. The van der Waals surface area contributed by atoms with Crippen LogP contribution in [0, 0.1) is 0 Å². The topological polar surface area (TPSA) is 68.3 Å². The van der Waals surface area contributed by atoms with Gasteiger partial charge in [0, 0.05) is 19.0 Å². The van der Waals surface area contributed by atoms with Crippen LogP contribution in [0.1, 0.15) is 31.9 Å². The zero-order valence-corrected chi connectivity index (χ0v) is 16.2. The van der Waals surface area contributed by atoms with E-state index >= 15 is 0 Å². The van der Waals surface area contributed by atoms with Gasteiger partial charge in [-0.25, -0.2) is 13.4 Å². The van der Waals surface area contributed by atoms with E-state index in [4.69, 9.17) is 4.74 Å². The molecule has 1 N–H and O–H groups in total. The largest absolute Gasteiger partial charge is 0.488 e. The zero-order chi connectivity index (χ0) is 20.5. The average molecular weight is 402 g/mol. The van der Waals surface area contributed by atoms with Crippen LogP contribution in [0.15, 0.2) is 41.4 Å². The van der Waals surface area contributed by atoms with Gasteiger partial charge in [-0.15, -0.1) is 0 Å². The Labute approximate surface area is 156 Å². The molecule has 1 aromatic carbocycles. The van der Waals surface area contributed by atoms with E-state index in [-0.39, 0.29) is 28.6 Å². The highest BCUT2D eigenvalue weighted by Gasteiger charge is 2.34. The molecule has 0 fully saturated rings. The second-order valence-corrected chi connectivity index (χ2v) is 8.99. The molecular formula is C18H21F3N2O3S. The van der Waals surface area contributed by atoms with Crippen molar-refractivity contribution in [2.45, 2.75) is 44.0 Å². The molecule has 1 heterocycles. The molecule has 0 aliphatic heterocycles. The summed E-state index contributed by atoms with van der Waals surface area (Å²) in [4.78, 5) is 3.84. The van der Waals surface area contributed by atoms with Gasteiger partial charge < -0.3 is 10.1 Å². The summed E-state index contributed by atoms with van der Waals surface area (Å²) >= 11 is 0. The highest BCUT2D eigenvalue weighted by molar-refractivity contribution is 7.90. The number of pyridine rings is 1. The number of hydrogen-bond donors (Lipinski definition) is 1. The third-order valence-electron chi connectivity index (χ3n) is 3.43. The Kier molecular flexibility index (Phi) is 5.74. The highest BCUT2D eigenvalue weighted by Crippen LogP contribution is 2.35. The van der Waals surface area contributed by atoms with E-state index in [0.717, 1.165) is 12.3 Å². The summed E-state index contributed by atoms with van der Waals surface area (Å²) in [5, 5.41) is 2.69. The fraction of sp³-hybridized carbons (Fsp3) is 0.389. The number of rotatable bonds is 5. The normalized spacial score (nSPS) is 12.7. The maximum absolute atomic E-state index is 13.5. The summed E-state index contributed by atoms with van der Waals surface area (Å²) in [6.07, 6.45) is -2.21. The van der Waals surface area contributed by atoms with Gasteiger partial charge in [0.05, 0.1) is 5.56 Å². The molecule has 148 valence electrons. The molecule has 0 atom stereocenters. The van der Waals surface area contributed by atoms with Crippen molar-refractivity contribution in [2.75, 3.05) is 11.6 Å². The van der Waals surface area contributed by atoms with Gasteiger partial charge >= 0.3 is 6.18 Å². The molecule has 0 spiro atoms. The van der Waals surface area contributed by atoms with Gasteiger partial charge in [-0.05, 0) is 50.6 Å². The van der Waals surface area contributed by atoms with Crippen LogP contribution in [0.2, 0.25) is 0 Å². The first-order chi connectivity index (χ1) is 12.3. The third-order valence-corrected chi connectivity index (χ3v) is 4.56. The molecule has 0 bridgehead atoms. The van der Waals surface area contributed by atoms with E-state index in [9.17, 15) is 21.6 Å². The van der Waals surface area contributed by atoms with Crippen molar-refractivity contribution in [3.63, 3.8) is 0 Å². The number of nitrogens with one attached hydrogen (secondary N) is 1. The summed E-state index contributed by atoms with van der Waals surface area (Å²) < 4.78 is 69.5. The maximum Gasteiger partial charge on any atom is 0.416 e. The minimum absolute atomic E-state index is 0.00291. The van der Waals surface area contributed by atoms with Crippen molar-refractivity contribution in [2.24, 2.45) is 0 Å². The van der Waals surface area contributed by atoms with Gasteiger partial charge in [-0.3, -0.25) is 0 Å². The van der Waals surface area contributed by atoms with E-state index in [1.165, 1.54) is 30.5 Å². The van der Waals surface area contributed by atoms with Gasteiger partial charge in [0.1, 0.15) is 22.1 Å². The molecule has 5 nitrogen and oxygen atoms in total. The van der Waals surface area contributed by atoms with Crippen LogP contribution in [0.25, 0.3) is 0 Å². The van der Waals surface area contributed by atoms with Crippen molar-refractivity contribution in [3.8, 4) is 5.75 Å². The fourth-order valence-electron chi connectivity index (χ4n) is 2.39. The average Bonchev–Trinajstić information content (AvgIpc) is 2.50. The molecule has 0 saturated carbocycles. The van der Waals surface area contributed by atoms with E-state index in [2.05, 4.69) is 10.3 Å². The molecule has 0 unspecified atom stereocenters.